The normalized spacial score (nSPS) is 18.7. The number of amides is 2. The molecule has 0 bridgehead atoms. The summed E-state index contributed by atoms with van der Waals surface area (Å²) in [5.41, 5.74) is 0. The van der Waals surface area contributed by atoms with Gasteiger partial charge >= 0.3 is 0 Å². The summed E-state index contributed by atoms with van der Waals surface area (Å²) in [5.74, 6) is 0.671. The van der Waals surface area contributed by atoms with Gasteiger partial charge in [-0.05, 0) is 6.42 Å². The minimum Gasteiger partial charge on any atom is -0.396 e. The number of carbonyl (C=O) groups is 2. The van der Waals surface area contributed by atoms with Crippen LogP contribution in [0.1, 0.15) is 26.2 Å². The number of hydrogen-bond donors (Lipinski definition) is 1. The van der Waals surface area contributed by atoms with Crippen LogP contribution in [0.4, 0.5) is 0 Å². The summed E-state index contributed by atoms with van der Waals surface area (Å²) < 4.78 is 0. The second-order valence-corrected chi connectivity index (χ2v) is 5.18. The first kappa shape index (κ1) is 12.5. The number of hydrogen-bond acceptors (Lipinski definition) is 4. The lowest BCUT2D eigenvalue weighted by atomic mass is 10.3. The first-order valence-electron chi connectivity index (χ1n) is 5.21. The van der Waals surface area contributed by atoms with Crippen LogP contribution in [0, 0.1) is 0 Å². The number of likely N-dealkylation sites (tertiary alicyclic amines) is 1. The van der Waals surface area contributed by atoms with Gasteiger partial charge in [-0.2, -0.15) is 11.8 Å². The molecule has 0 aromatic carbocycles. The maximum Gasteiger partial charge on any atom is 0.229 e. The van der Waals surface area contributed by atoms with E-state index >= 15 is 0 Å². The van der Waals surface area contributed by atoms with Gasteiger partial charge in [-0.25, -0.2) is 0 Å². The van der Waals surface area contributed by atoms with Gasteiger partial charge in [-0.15, -0.1) is 0 Å². The summed E-state index contributed by atoms with van der Waals surface area (Å²) >= 11 is 1.69. The Bertz CT molecular complexity index is 229. The molecule has 15 heavy (non-hydrogen) atoms. The number of imide groups is 1. The van der Waals surface area contributed by atoms with Crippen molar-refractivity contribution in [1.29, 1.82) is 0 Å². The maximum atomic E-state index is 11.2. The number of nitrogens with zero attached hydrogens (tertiary/aromatic N) is 1. The molecule has 1 fully saturated rings. The average molecular weight is 231 g/mol. The number of thioether (sulfide) groups is 1. The maximum absolute atomic E-state index is 11.2. The van der Waals surface area contributed by atoms with Crippen LogP contribution in [-0.4, -0.2) is 46.0 Å². The van der Waals surface area contributed by atoms with Crippen molar-refractivity contribution in [2.75, 3.05) is 18.9 Å². The van der Waals surface area contributed by atoms with Gasteiger partial charge in [0.2, 0.25) is 11.8 Å². The molecule has 1 atom stereocenters. The van der Waals surface area contributed by atoms with E-state index in [2.05, 4.69) is 0 Å². The van der Waals surface area contributed by atoms with E-state index < -0.39 is 0 Å². The molecule has 0 aromatic rings. The second-order valence-electron chi connectivity index (χ2n) is 3.63. The van der Waals surface area contributed by atoms with E-state index in [9.17, 15) is 9.59 Å². The average Bonchev–Trinajstić information content (AvgIpc) is 2.49. The fourth-order valence-electron chi connectivity index (χ4n) is 1.48. The zero-order valence-electron chi connectivity index (χ0n) is 8.94. The number of rotatable bonds is 6. The van der Waals surface area contributed by atoms with Crippen LogP contribution in [0.15, 0.2) is 0 Å². The number of carbonyl (C=O) groups excluding carboxylic acids is 2. The molecule has 86 valence electrons. The SMILES string of the molecule is CC(CCO)SCCN1C(=O)CCC1=O. The zero-order valence-corrected chi connectivity index (χ0v) is 9.76. The number of aliphatic hydroxyl groups is 1. The predicted molar refractivity (Wildman–Crippen MR) is 59.6 cm³/mol. The lowest BCUT2D eigenvalue weighted by Gasteiger charge is -2.15. The summed E-state index contributed by atoms with van der Waals surface area (Å²) in [6.45, 7) is 2.74. The Balaban J connectivity index is 2.19. The summed E-state index contributed by atoms with van der Waals surface area (Å²) in [5, 5.41) is 9.08. The highest BCUT2D eigenvalue weighted by Gasteiger charge is 2.28. The highest BCUT2D eigenvalue weighted by atomic mass is 32.2. The van der Waals surface area contributed by atoms with Crippen molar-refractivity contribution in [1.82, 2.24) is 4.90 Å². The molecule has 2 amide bonds. The first-order chi connectivity index (χ1) is 7.15. The van der Waals surface area contributed by atoms with E-state index in [0.29, 0.717) is 24.6 Å². The topological polar surface area (TPSA) is 57.6 Å². The first-order valence-corrected chi connectivity index (χ1v) is 6.25. The molecule has 0 spiro atoms. The molecular formula is C10H17NO3S. The largest absolute Gasteiger partial charge is 0.396 e. The van der Waals surface area contributed by atoms with E-state index in [1.807, 2.05) is 6.92 Å². The van der Waals surface area contributed by atoms with Crippen LogP contribution >= 0.6 is 11.8 Å². The Morgan fingerprint density at radius 1 is 1.40 bits per heavy atom. The van der Waals surface area contributed by atoms with Crippen molar-refractivity contribution >= 4 is 23.6 Å². The van der Waals surface area contributed by atoms with Crippen molar-refractivity contribution in [3.05, 3.63) is 0 Å². The molecule has 1 aliphatic heterocycles. The zero-order chi connectivity index (χ0) is 11.3. The molecule has 1 aliphatic rings. The number of aliphatic hydroxyl groups excluding tert-OH is 1. The van der Waals surface area contributed by atoms with Gasteiger partial charge in [0, 0.05) is 37.0 Å². The van der Waals surface area contributed by atoms with Gasteiger partial charge in [-0.1, -0.05) is 6.92 Å². The summed E-state index contributed by atoms with van der Waals surface area (Å²) in [7, 11) is 0. The fourth-order valence-corrected chi connectivity index (χ4v) is 2.45. The van der Waals surface area contributed by atoms with Gasteiger partial charge in [0.15, 0.2) is 0 Å². The van der Waals surface area contributed by atoms with Crippen molar-refractivity contribution in [3.63, 3.8) is 0 Å². The Morgan fingerprint density at radius 2 is 2.00 bits per heavy atom. The van der Waals surface area contributed by atoms with E-state index in [0.717, 1.165) is 12.2 Å². The van der Waals surface area contributed by atoms with Gasteiger partial charge in [-0.3, -0.25) is 14.5 Å². The van der Waals surface area contributed by atoms with Crippen LogP contribution in [-0.2, 0) is 9.59 Å². The standard InChI is InChI=1S/C10H17NO3S/c1-8(4-6-12)15-7-5-11-9(13)2-3-10(11)14/h8,12H,2-7H2,1H3. The van der Waals surface area contributed by atoms with E-state index in [-0.39, 0.29) is 18.4 Å². The molecule has 1 rings (SSSR count). The van der Waals surface area contributed by atoms with Crippen LogP contribution in [0.3, 0.4) is 0 Å². The molecule has 1 saturated heterocycles. The van der Waals surface area contributed by atoms with Gasteiger partial charge in [0.25, 0.3) is 0 Å². The Labute approximate surface area is 94.0 Å². The van der Waals surface area contributed by atoms with E-state index in [1.165, 1.54) is 4.90 Å². The monoisotopic (exact) mass is 231 g/mol. The summed E-state index contributed by atoms with van der Waals surface area (Å²) in [4.78, 5) is 23.8. The molecule has 0 aliphatic carbocycles. The molecule has 1 heterocycles. The third-order valence-corrected chi connectivity index (χ3v) is 3.63. The Morgan fingerprint density at radius 3 is 2.53 bits per heavy atom. The molecule has 0 saturated carbocycles. The highest BCUT2D eigenvalue weighted by molar-refractivity contribution is 7.99. The second kappa shape index (κ2) is 6.12. The van der Waals surface area contributed by atoms with Crippen LogP contribution in [0.25, 0.3) is 0 Å². The minimum atomic E-state index is -0.0459. The predicted octanol–water partition coefficient (Wildman–Crippen LogP) is 0.639. The van der Waals surface area contributed by atoms with Crippen molar-refractivity contribution in [2.45, 2.75) is 31.4 Å². The molecule has 1 N–H and O–H groups in total. The lowest BCUT2D eigenvalue weighted by molar-refractivity contribution is -0.137. The molecular weight excluding hydrogens is 214 g/mol. The van der Waals surface area contributed by atoms with E-state index in [1.54, 1.807) is 11.8 Å². The third-order valence-electron chi connectivity index (χ3n) is 2.41. The van der Waals surface area contributed by atoms with Gasteiger partial charge in [0.1, 0.15) is 0 Å². The molecule has 4 nitrogen and oxygen atoms in total. The van der Waals surface area contributed by atoms with Crippen LogP contribution < -0.4 is 0 Å². The molecule has 0 aromatic heterocycles. The van der Waals surface area contributed by atoms with Crippen molar-refractivity contribution in [3.8, 4) is 0 Å². The summed E-state index contributed by atoms with van der Waals surface area (Å²) in [6.07, 6.45) is 1.50. The van der Waals surface area contributed by atoms with Gasteiger partial charge < -0.3 is 5.11 Å². The van der Waals surface area contributed by atoms with Gasteiger partial charge in [0.05, 0.1) is 0 Å². The molecule has 0 radical (unpaired) electrons. The van der Waals surface area contributed by atoms with Crippen LogP contribution in [0.5, 0.6) is 0 Å². The van der Waals surface area contributed by atoms with E-state index in [4.69, 9.17) is 5.11 Å². The van der Waals surface area contributed by atoms with Crippen LogP contribution in [0.2, 0.25) is 0 Å². The van der Waals surface area contributed by atoms with Crippen molar-refractivity contribution < 1.29 is 14.7 Å². The highest BCUT2D eigenvalue weighted by Crippen LogP contribution is 2.16. The minimum absolute atomic E-state index is 0.0459. The third kappa shape index (κ3) is 3.83. The quantitative estimate of drug-likeness (QED) is 0.682. The Kier molecular flexibility index (Phi) is 5.11. The molecule has 1 unspecified atom stereocenters. The smallest absolute Gasteiger partial charge is 0.229 e. The lowest BCUT2D eigenvalue weighted by Crippen LogP contribution is -2.31. The Hall–Kier alpha value is -0.550. The fraction of sp³-hybridized carbons (Fsp3) is 0.800. The van der Waals surface area contributed by atoms with Crippen molar-refractivity contribution in [2.24, 2.45) is 0 Å². The summed E-state index contributed by atoms with van der Waals surface area (Å²) in [6, 6.07) is 0. The molecule has 5 heteroatoms.